The molecule has 5 heteroatoms. The molecule has 1 aliphatic heterocycles. The molecular formula is C15H20N2O3. The lowest BCUT2D eigenvalue weighted by Gasteiger charge is -2.13. The van der Waals surface area contributed by atoms with Crippen LogP contribution < -0.4 is 5.32 Å². The number of nitrogens with zero attached hydrogens (tertiary/aromatic N) is 1. The Morgan fingerprint density at radius 3 is 2.65 bits per heavy atom. The van der Waals surface area contributed by atoms with Gasteiger partial charge in [-0.2, -0.15) is 0 Å². The van der Waals surface area contributed by atoms with E-state index in [0.29, 0.717) is 26.2 Å². The Labute approximate surface area is 118 Å². The summed E-state index contributed by atoms with van der Waals surface area (Å²) < 4.78 is 4.84. The predicted octanol–water partition coefficient (Wildman–Crippen LogP) is 1.88. The van der Waals surface area contributed by atoms with E-state index in [2.05, 4.69) is 5.32 Å². The van der Waals surface area contributed by atoms with Crippen LogP contribution in [-0.2, 0) is 4.74 Å². The number of cyclic esters (lactones) is 1. The van der Waals surface area contributed by atoms with Crippen LogP contribution >= 0.6 is 0 Å². The van der Waals surface area contributed by atoms with Crippen molar-refractivity contribution >= 4 is 12.0 Å². The number of hydrogen-bond donors (Lipinski definition) is 1. The number of aryl methyl sites for hydroxylation is 2. The molecule has 1 saturated heterocycles. The van der Waals surface area contributed by atoms with Crippen LogP contribution in [0.3, 0.4) is 0 Å². The molecule has 2 rings (SSSR count). The van der Waals surface area contributed by atoms with Crippen LogP contribution in [0.1, 0.15) is 27.9 Å². The van der Waals surface area contributed by atoms with Crippen molar-refractivity contribution in [1.29, 1.82) is 0 Å². The Kier molecular flexibility index (Phi) is 4.61. The number of hydrogen-bond acceptors (Lipinski definition) is 3. The summed E-state index contributed by atoms with van der Waals surface area (Å²) in [4.78, 5) is 25.0. The van der Waals surface area contributed by atoms with Gasteiger partial charge in [-0.25, -0.2) is 4.79 Å². The fraction of sp³-hybridized carbons (Fsp3) is 0.467. The molecule has 0 aromatic heterocycles. The van der Waals surface area contributed by atoms with Gasteiger partial charge in [0.2, 0.25) is 0 Å². The van der Waals surface area contributed by atoms with Crippen molar-refractivity contribution in [3.8, 4) is 0 Å². The fourth-order valence-corrected chi connectivity index (χ4v) is 2.36. The van der Waals surface area contributed by atoms with Crippen LogP contribution in [-0.4, -0.2) is 43.1 Å². The Morgan fingerprint density at radius 2 is 2.05 bits per heavy atom. The molecule has 0 aliphatic carbocycles. The molecule has 1 aliphatic rings. The van der Waals surface area contributed by atoms with Crippen LogP contribution in [0.15, 0.2) is 18.2 Å². The molecule has 1 N–H and O–H groups in total. The maximum absolute atomic E-state index is 12.1. The van der Waals surface area contributed by atoms with Gasteiger partial charge >= 0.3 is 6.09 Å². The highest BCUT2D eigenvalue weighted by atomic mass is 16.6. The van der Waals surface area contributed by atoms with Gasteiger partial charge in [-0.15, -0.1) is 0 Å². The number of amides is 2. The number of ether oxygens (including phenoxy) is 1. The molecule has 1 aromatic rings. The summed E-state index contributed by atoms with van der Waals surface area (Å²) in [6, 6.07) is 5.81. The quantitative estimate of drug-likeness (QED) is 0.835. The minimum atomic E-state index is -0.258. The van der Waals surface area contributed by atoms with Crippen LogP contribution in [0.4, 0.5) is 4.79 Å². The number of nitrogens with one attached hydrogen (secondary N) is 1. The van der Waals surface area contributed by atoms with Crippen molar-refractivity contribution in [1.82, 2.24) is 10.2 Å². The molecule has 5 nitrogen and oxygen atoms in total. The normalized spacial score (nSPS) is 14.3. The van der Waals surface area contributed by atoms with Gasteiger partial charge in [-0.05, 0) is 31.4 Å². The van der Waals surface area contributed by atoms with Crippen molar-refractivity contribution in [2.24, 2.45) is 0 Å². The van der Waals surface area contributed by atoms with Gasteiger partial charge in [0.1, 0.15) is 6.61 Å². The smallest absolute Gasteiger partial charge is 0.409 e. The summed E-state index contributed by atoms with van der Waals surface area (Å²) in [6.45, 7) is 6.14. The molecule has 2 amide bonds. The van der Waals surface area contributed by atoms with E-state index < -0.39 is 0 Å². The van der Waals surface area contributed by atoms with Crippen LogP contribution in [0, 0.1) is 13.8 Å². The Morgan fingerprint density at radius 1 is 1.35 bits per heavy atom. The van der Waals surface area contributed by atoms with E-state index in [1.807, 2.05) is 32.0 Å². The average Bonchev–Trinajstić information content (AvgIpc) is 2.80. The Balaban J connectivity index is 1.79. The third-order valence-corrected chi connectivity index (χ3v) is 3.44. The highest BCUT2D eigenvalue weighted by Crippen LogP contribution is 2.12. The first-order valence-corrected chi connectivity index (χ1v) is 6.85. The Hall–Kier alpha value is -2.04. The maximum atomic E-state index is 12.1. The molecule has 1 fully saturated rings. The molecule has 20 heavy (non-hydrogen) atoms. The summed E-state index contributed by atoms with van der Waals surface area (Å²) in [5, 5.41) is 2.90. The first-order chi connectivity index (χ1) is 9.59. The van der Waals surface area contributed by atoms with Crippen molar-refractivity contribution in [2.75, 3.05) is 26.2 Å². The average molecular weight is 276 g/mol. The molecule has 0 atom stereocenters. The molecule has 1 aromatic carbocycles. The second kappa shape index (κ2) is 6.41. The van der Waals surface area contributed by atoms with E-state index in [9.17, 15) is 9.59 Å². The van der Waals surface area contributed by atoms with Crippen LogP contribution in [0.5, 0.6) is 0 Å². The summed E-state index contributed by atoms with van der Waals surface area (Å²) in [6.07, 6.45) is 0.470. The zero-order chi connectivity index (χ0) is 14.5. The number of carbonyl (C=O) groups is 2. The lowest BCUT2D eigenvalue weighted by molar-refractivity contribution is 0.0951. The molecule has 0 radical (unpaired) electrons. The van der Waals surface area contributed by atoms with Gasteiger partial charge in [-0.3, -0.25) is 4.79 Å². The standard InChI is InChI=1S/C15H20N2O3/c1-11-5-3-6-12(2)13(11)14(18)16-7-4-8-17-9-10-20-15(17)19/h3,5-6H,4,7-10H2,1-2H3,(H,16,18). The molecule has 0 spiro atoms. The zero-order valence-corrected chi connectivity index (χ0v) is 11.9. The largest absolute Gasteiger partial charge is 0.448 e. The summed E-state index contributed by atoms with van der Waals surface area (Å²) in [5.41, 5.74) is 2.70. The maximum Gasteiger partial charge on any atom is 0.409 e. The number of rotatable bonds is 5. The van der Waals surface area contributed by atoms with Gasteiger partial charge in [0, 0.05) is 18.7 Å². The van der Waals surface area contributed by atoms with Crippen LogP contribution in [0.25, 0.3) is 0 Å². The van der Waals surface area contributed by atoms with Gasteiger partial charge < -0.3 is 15.0 Å². The SMILES string of the molecule is Cc1cccc(C)c1C(=O)NCCCN1CCOC1=O. The second-order valence-electron chi connectivity index (χ2n) is 4.98. The van der Waals surface area contributed by atoms with Gasteiger partial charge in [0.05, 0.1) is 6.54 Å². The minimum absolute atomic E-state index is 0.0513. The van der Waals surface area contributed by atoms with Crippen molar-refractivity contribution in [2.45, 2.75) is 20.3 Å². The summed E-state index contributed by atoms with van der Waals surface area (Å²) in [7, 11) is 0. The highest BCUT2D eigenvalue weighted by Gasteiger charge is 2.20. The van der Waals surface area contributed by atoms with Gasteiger partial charge in [0.15, 0.2) is 0 Å². The topological polar surface area (TPSA) is 58.6 Å². The van der Waals surface area contributed by atoms with Gasteiger partial charge in [-0.1, -0.05) is 18.2 Å². The Bertz CT molecular complexity index is 494. The minimum Gasteiger partial charge on any atom is -0.448 e. The fourth-order valence-electron chi connectivity index (χ4n) is 2.36. The predicted molar refractivity (Wildman–Crippen MR) is 75.8 cm³/mol. The first-order valence-electron chi connectivity index (χ1n) is 6.85. The monoisotopic (exact) mass is 276 g/mol. The van der Waals surface area contributed by atoms with E-state index in [4.69, 9.17) is 4.74 Å². The van der Waals surface area contributed by atoms with E-state index in [1.54, 1.807) is 4.90 Å². The second-order valence-corrected chi connectivity index (χ2v) is 4.98. The van der Waals surface area contributed by atoms with E-state index in [0.717, 1.165) is 23.1 Å². The third kappa shape index (κ3) is 3.29. The van der Waals surface area contributed by atoms with E-state index in [-0.39, 0.29) is 12.0 Å². The molecular weight excluding hydrogens is 256 g/mol. The first kappa shape index (κ1) is 14.4. The van der Waals surface area contributed by atoms with Crippen molar-refractivity contribution in [3.05, 3.63) is 34.9 Å². The molecule has 0 saturated carbocycles. The lowest BCUT2D eigenvalue weighted by atomic mass is 10.0. The van der Waals surface area contributed by atoms with Gasteiger partial charge in [0.25, 0.3) is 5.91 Å². The number of benzene rings is 1. The van der Waals surface area contributed by atoms with E-state index >= 15 is 0 Å². The molecule has 108 valence electrons. The van der Waals surface area contributed by atoms with Crippen molar-refractivity contribution < 1.29 is 14.3 Å². The highest BCUT2D eigenvalue weighted by molar-refractivity contribution is 5.97. The molecule has 1 heterocycles. The van der Waals surface area contributed by atoms with Crippen LogP contribution in [0.2, 0.25) is 0 Å². The summed E-state index contributed by atoms with van der Waals surface area (Å²) in [5.74, 6) is -0.0513. The lowest BCUT2D eigenvalue weighted by Crippen LogP contribution is -2.31. The molecule has 0 unspecified atom stereocenters. The van der Waals surface area contributed by atoms with Crippen molar-refractivity contribution in [3.63, 3.8) is 0 Å². The summed E-state index contributed by atoms with van der Waals surface area (Å²) >= 11 is 0. The third-order valence-electron chi connectivity index (χ3n) is 3.44. The molecule has 0 bridgehead atoms. The zero-order valence-electron chi connectivity index (χ0n) is 11.9. The number of carbonyl (C=O) groups excluding carboxylic acids is 2. The van der Waals surface area contributed by atoms with E-state index in [1.165, 1.54) is 0 Å².